The van der Waals surface area contributed by atoms with Gasteiger partial charge in [0.2, 0.25) is 0 Å². The van der Waals surface area contributed by atoms with Gasteiger partial charge >= 0.3 is 0 Å². The van der Waals surface area contributed by atoms with Crippen LogP contribution in [0.15, 0.2) is 36.7 Å². The molecule has 0 aliphatic rings. The van der Waals surface area contributed by atoms with Gasteiger partial charge in [-0.15, -0.1) is 0 Å². The molecule has 1 N–H and O–H groups in total. The van der Waals surface area contributed by atoms with Crippen molar-refractivity contribution in [1.29, 1.82) is 0 Å². The van der Waals surface area contributed by atoms with Gasteiger partial charge in [-0.05, 0) is 37.1 Å². The minimum absolute atomic E-state index is 0.309. The molecule has 114 valence electrons. The van der Waals surface area contributed by atoms with E-state index < -0.39 is 11.6 Å². The number of rotatable bonds is 7. The molecule has 0 saturated carbocycles. The maximum Gasteiger partial charge on any atom is 0.163 e. The van der Waals surface area contributed by atoms with Crippen LogP contribution in [0.1, 0.15) is 43.9 Å². The summed E-state index contributed by atoms with van der Waals surface area (Å²) in [4.78, 5) is 0. The van der Waals surface area contributed by atoms with E-state index in [-0.39, 0.29) is 0 Å². The summed E-state index contributed by atoms with van der Waals surface area (Å²) >= 11 is 0. The van der Waals surface area contributed by atoms with E-state index in [1.54, 1.807) is 6.07 Å². The highest BCUT2D eigenvalue weighted by Crippen LogP contribution is 2.19. The monoisotopic (exact) mass is 292 g/mol. The van der Waals surface area contributed by atoms with E-state index in [1.807, 2.05) is 23.0 Å². The molecule has 0 aliphatic heterocycles. The summed E-state index contributed by atoms with van der Waals surface area (Å²) in [7, 11) is 0. The molecule has 0 aliphatic carbocycles. The van der Waals surface area contributed by atoms with Crippen molar-refractivity contribution < 1.29 is 8.78 Å². The number of benzene rings is 1. The van der Waals surface area contributed by atoms with Crippen LogP contribution >= 0.6 is 0 Å². The SMILES string of the molecule is CCCNC(CC)c1ccn(Cc2cccc(F)c2F)c1. The average molecular weight is 292 g/mol. The van der Waals surface area contributed by atoms with Crippen LogP contribution in [0.4, 0.5) is 8.78 Å². The van der Waals surface area contributed by atoms with Crippen LogP contribution in [-0.2, 0) is 6.54 Å². The number of nitrogens with one attached hydrogen (secondary N) is 1. The molecule has 4 heteroatoms. The van der Waals surface area contributed by atoms with E-state index in [0.717, 1.165) is 25.5 Å². The molecule has 1 atom stereocenters. The summed E-state index contributed by atoms with van der Waals surface area (Å²) in [5.74, 6) is -1.56. The fourth-order valence-electron chi connectivity index (χ4n) is 2.45. The Kier molecular flexibility index (Phi) is 5.51. The van der Waals surface area contributed by atoms with Gasteiger partial charge in [0.15, 0.2) is 11.6 Å². The van der Waals surface area contributed by atoms with Gasteiger partial charge in [0.05, 0.1) is 0 Å². The summed E-state index contributed by atoms with van der Waals surface area (Å²) < 4.78 is 28.8. The molecule has 2 nitrogen and oxygen atoms in total. The lowest BCUT2D eigenvalue weighted by atomic mass is 10.1. The quantitative estimate of drug-likeness (QED) is 0.806. The van der Waals surface area contributed by atoms with Crippen LogP contribution in [0.3, 0.4) is 0 Å². The van der Waals surface area contributed by atoms with Gasteiger partial charge in [0.1, 0.15) is 0 Å². The lowest BCUT2D eigenvalue weighted by molar-refractivity contribution is 0.495. The number of hydrogen-bond donors (Lipinski definition) is 1. The summed E-state index contributed by atoms with van der Waals surface area (Å²) in [6.07, 6.45) is 6.00. The van der Waals surface area contributed by atoms with Gasteiger partial charge in [-0.3, -0.25) is 0 Å². The number of nitrogens with zero attached hydrogens (tertiary/aromatic N) is 1. The third kappa shape index (κ3) is 3.91. The van der Waals surface area contributed by atoms with E-state index in [2.05, 4.69) is 19.2 Å². The van der Waals surface area contributed by atoms with Crippen molar-refractivity contribution in [1.82, 2.24) is 9.88 Å². The standard InChI is InChI=1S/C17H22F2N2/c1-3-9-20-16(4-2)13-8-10-21(11-13)12-14-6-5-7-15(18)17(14)19/h5-8,10-11,16,20H,3-4,9,12H2,1-2H3. The molecule has 1 unspecified atom stereocenters. The number of halogens is 2. The van der Waals surface area contributed by atoms with Crippen molar-refractivity contribution in [2.45, 2.75) is 39.3 Å². The Morgan fingerprint density at radius 3 is 2.71 bits per heavy atom. The second kappa shape index (κ2) is 7.36. The Bertz CT molecular complexity index is 578. The minimum Gasteiger partial charge on any atom is -0.349 e. The molecule has 0 radical (unpaired) electrons. The first kappa shape index (κ1) is 15.7. The second-order valence-electron chi connectivity index (χ2n) is 5.25. The molecular formula is C17H22F2N2. The zero-order chi connectivity index (χ0) is 15.2. The second-order valence-corrected chi connectivity index (χ2v) is 5.25. The minimum atomic E-state index is -0.795. The third-order valence-electron chi connectivity index (χ3n) is 3.61. The topological polar surface area (TPSA) is 17.0 Å². The predicted octanol–water partition coefficient (Wildman–Crippen LogP) is 4.27. The lowest BCUT2D eigenvalue weighted by Crippen LogP contribution is -2.21. The fourth-order valence-corrected chi connectivity index (χ4v) is 2.45. The molecule has 2 aromatic rings. The normalized spacial score (nSPS) is 12.6. The average Bonchev–Trinajstić information content (AvgIpc) is 2.93. The van der Waals surface area contributed by atoms with Crippen LogP contribution < -0.4 is 5.32 Å². The van der Waals surface area contributed by atoms with Crippen LogP contribution in [0.2, 0.25) is 0 Å². The van der Waals surface area contributed by atoms with Crippen molar-refractivity contribution in [2.75, 3.05) is 6.54 Å². The highest BCUT2D eigenvalue weighted by Gasteiger charge is 2.11. The summed E-state index contributed by atoms with van der Waals surface area (Å²) in [6.45, 7) is 5.59. The highest BCUT2D eigenvalue weighted by molar-refractivity contribution is 5.21. The zero-order valence-electron chi connectivity index (χ0n) is 12.6. The molecular weight excluding hydrogens is 270 g/mol. The van der Waals surface area contributed by atoms with Gasteiger partial charge in [0, 0.05) is 30.5 Å². The number of aromatic nitrogens is 1. The molecule has 2 rings (SSSR count). The van der Waals surface area contributed by atoms with Gasteiger partial charge in [0.25, 0.3) is 0 Å². The maximum atomic E-state index is 13.7. The molecule has 1 heterocycles. The largest absolute Gasteiger partial charge is 0.349 e. The Labute approximate surface area is 124 Å². The van der Waals surface area contributed by atoms with Crippen LogP contribution in [0, 0.1) is 11.6 Å². The summed E-state index contributed by atoms with van der Waals surface area (Å²) in [6, 6.07) is 6.64. The van der Waals surface area contributed by atoms with Gasteiger partial charge in [-0.25, -0.2) is 8.78 Å². The van der Waals surface area contributed by atoms with Crippen molar-refractivity contribution >= 4 is 0 Å². The molecule has 0 bridgehead atoms. The summed E-state index contributed by atoms with van der Waals surface area (Å²) in [5.41, 5.74) is 1.55. The van der Waals surface area contributed by atoms with Crippen LogP contribution in [0.25, 0.3) is 0 Å². The van der Waals surface area contributed by atoms with Gasteiger partial charge in [-0.1, -0.05) is 26.0 Å². The first-order valence-electron chi connectivity index (χ1n) is 7.47. The summed E-state index contributed by atoms with van der Waals surface area (Å²) in [5, 5.41) is 3.49. The van der Waals surface area contributed by atoms with Crippen molar-refractivity contribution in [3.63, 3.8) is 0 Å². The van der Waals surface area contributed by atoms with Gasteiger partial charge < -0.3 is 9.88 Å². The van der Waals surface area contributed by atoms with Crippen molar-refractivity contribution in [3.05, 3.63) is 59.4 Å². The Morgan fingerprint density at radius 2 is 2.00 bits per heavy atom. The van der Waals surface area contributed by atoms with E-state index in [1.165, 1.54) is 11.6 Å². The molecule has 0 spiro atoms. The van der Waals surface area contributed by atoms with Crippen LogP contribution in [0.5, 0.6) is 0 Å². The zero-order valence-corrected chi connectivity index (χ0v) is 12.6. The van der Waals surface area contributed by atoms with E-state index in [9.17, 15) is 8.78 Å². The van der Waals surface area contributed by atoms with Crippen molar-refractivity contribution in [2.24, 2.45) is 0 Å². The smallest absolute Gasteiger partial charge is 0.163 e. The first-order valence-corrected chi connectivity index (χ1v) is 7.47. The molecule has 1 aromatic carbocycles. The first-order chi connectivity index (χ1) is 10.2. The van der Waals surface area contributed by atoms with Crippen LogP contribution in [-0.4, -0.2) is 11.1 Å². The van der Waals surface area contributed by atoms with E-state index >= 15 is 0 Å². The Morgan fingerprint density at radius 1 is 1.19 bits per heavy atom. The fraction of sp³-hybridized carbons (Fsp3) is 0.412. The molecule has 0 amide bonds. The highest BCUT2D eigenvalue weighted by atomic mass is 19.2. The molecule has 1 aromatic heterocycles. The van der Waals surface area contributed by atoms with E-state index in [4.69, 9.17) is 0 Å². The lowest BCUT2D eigenvalue weighted by Gasteiger charge is -2.15. The number of hydrogen-bond acceptors (Lipinski definition) is 1. The van der Waals surface area contributed by atoms with E-state index in [0.29, 0.717) is 18.2 Å². The maximum absolute atomic E-state index is 13.7. The van der Waals surface area contributed by atoms with Gasteiger partial charge in [-0.2, -0.15) is 0 Å². The Hall–Kier alpha value is -1.68. The predicted molar refractivity (Wildman–Crippen MR) is 81.2 cm³/mol. The third-order valence-corrected chi connectivity index (χ3v) is 3.61. The Balaban J connectivity index is 2.10. The molecule has 0 fully saturated rings. The molecule has 21 heavy (non-hydrogen) atoms. The molecule has 0 saturated heterocycles. The van der Waals surface area contributed by atoms with Crippen molar-refractivity contribution in [3.8, 4) is 0 Å².